The average molecular weight is 658 g/mol. The Labute approximate surface area is 277 Å². The normalized spacial score (nSPS) is 18.3. The zero-order valence-electron chi connectivity index (χ0n) is 26.9. The van der Waals surface area contributed by atoms with Crippen LogP contribution in [0.4, 0.5) is 5.69 Å². The molecule has 0 atom stereocenters. The first-order chi connectivity index (χ1) is 22.6. The van der Waals surface area contributed by atoms with Gasteiger partial charge in [0.1, 0.15) is 5.69 Å². The quantitative estimate of drug-likeness (QED) is 0.340. The Kier molecular flexibility index (Phi) is 10.0. The van der Waals surface area contributed by atoms with E-state index in [1.165, 1.54) is 42.4 Å². The number of pyridine rings is 1. The molecule has 0 saturated carbocycles. The molecule has 0 aliphatic carbocycles. The maximum absolute atomic E-state index is 13.2. The monoisotopic (exact) mass is 657 g/mol. The van der Waals surface area contributed by atoms with Crippen LogP contribution in [0.15, 0.2) is 71.8 Å². The summed E-state index contributed by atoms with van der Waals surface area (Å²) < 4.78 is 23.4. The van der Waals surface area contributed by atoms with Crippen LogP contribution < -0.4 is 10.2 Å². The number of amides is 2. The average Bonchev–Trinajstić information content (AvgIpc) is 3.64. The standard InChI is InChI=1S/C36H43N5O5S/c1-47(45,46)32-11-6-27(7-12-32)34(42)28-14-22-41(23-15-28)36(44)29-8-13-33(37-24-29)35(43)38-30-16-20-39(21-17-30)25-26-4-9-31(10-5-26)40-18-2-3-19-40/h4-13,24,28,30H,2-3,14-23,25H2,1H3,(H,38,43). The number of rotatable bonds is 9. The largest absolute Gasteiger partial charge is 0.372 e. The van der Waals surface area contributed by atoms with Gasteiger partial charge >= 0.3 is 0 Å². The van der Waals surface area contributed by atoms with Crippen molar-refractivity contribution in [2.24, 2.45) is 5.92 Å². The third kappa shape index (κ3) is 8.08. The van der Waals surface area contributed by atoms with E-state index in [9.17, 15) is 22.8 Å². The summed E-state index contributed by atoms with van der Waals surface area (Å²) in [4.78, 5) is 50.2. The van der Waals surface area contributed by atoms with E-state index in [0.29, 0.717) is 37.1 Å². The number of hydrogen-bond donors (Lipinski definition) is 1. The second-order valence-electron chi connectivity index (χ2n) is 13.0. The zero-order valence-corrected chi connectivity index (χ0v) is 27.8. The van der Waals surface area contributed by atoms with E-state index in [-0.39, 0.29) is 40.1 Å². The molecule has 248 valence electrons. The molecule has 0 spiro atoms. The summed E-state index contributed by atoms with van der Waals surface area (Å²) in [7, 11) is -3.33. The number of carbonyl (C=O) groups is 3. The van der Waals surface area contributed by atoms with Crippen LogP contribution in [0, 0.1) is 5.92 Å². The number of Topliss-reactive ketones (excluding diaryl/α,β-unsaturated/α-hetero) is 1. The van der Waals surface area contributed by atoms with Crippen molar-refractivity contribution in [2.75, 3.05) is 50.4 Å². The van der Waals surface area contributed by atoms with Gasteiger partial charge in [-0.2, -0.15) is 0 Å². The fourth-order valence-electron chi connectivity index (χ4n) is 6.82. The van der Waals surface area contributed by atoms with Crippen LogP contribution in [0.25, 0.3) is 0 Å². The van der Waals surface area contributed by atoms with Gasteiger partial charge in [-0.15, -0.1) is 0 Å². The summed E-state index contributed by atoms with van der Waals surface area (Å²) in [5, 5.41) is 3.12. The molecule has 47 heavy (non-hydrogen) atoms. The minimum Gasteiger partial charge on any atom is -0.372 e. The summed E-state index contributed by atoms with van der Waals surface area (Å²) in [5.41, 5.74) is 3.79. The molecule has 3 aromatic rings. The smallest absolute Gasteiger partial charge is 0.270 e. The lowest BCUT2D eigenvalue weighted by atomic mass is 9.88. The minimum absolute atomic E-state index is 0.0394. The number of aromatic nitrogens is 1. The topological polar surface area (TPSA) is 120 Å². The van der Waals surface area contributed by atoms with Crippen molar-refractivity contribution < 1.29 is 22.8 Å². The molecular formula is C36H43N5O5S. The van der Waals surface area contributed by atoms with Crippen molar-refractivity contribution in [1.82, 2.24) is 20.1 Å². The number of benzene rings is 2. The predicted octanol–water partition coefficient (Wildman–Crippen LogP) is 4.21. The lowest BCUT2D eigenvalue weighted by molar-refractivity contribution is 0.0649. The first kappa shape index (κ1) is 32.8. The van der Waals surface area contributed by atoms with Crippen LogP contribution in [-0.2, 0) is 16.4 Å². The van der Waals surface area contributed by atoms with E-state index < -0.39 is 9.84 Å². The third-order valence-electron chi connectivity index (χ3n) is 9.70. The highest BCUT2D eigenvalue weighted by molar-refractivity contribution is 7.90. The fourth-order valence-corrected chi connectivity index (χ4v) is 7.46. The first-order valence-electron chi connectivity index (χ1n) is 16.6. The van der Waals surface area contributed by atoms with Gasteiger partial charge in [-0.1, -0.05) is 24.3 Å². The Bertz CT molecular complexity index is 1670. The van der Waals surface area contributed by atoms with Gasteiger partial charge in [-0.3, -0.25) is 24.3 Å². The zero-order chi connectivity index (χ0) is 33.0. The molecule has 3 saturated heterocycles. The number of carbonyl (C=O) groups excluding carboxylic acids is 3. The first-order valence-corrected chi connectivity index (χ1v) is 18.5. The van der Waals surface area contributed by atoms with E-state index in [0.717, 1.165) is 51.8 Å². The van der Waals surface area contributed by atoms with Crippen LogP contribution in [0.5, 0.6) is 0 Å². The van der Waals surface area contributed by atoms with E-state index >= 15 is 0 Å². The maximum Gasteiger partial charge on any atom is 0.270 e. The summed E-state index contributed by atoms with van der Waals surface area (Å²) in [5.74, 6) is -0.678. The van der Waals surface area contributed by atoms with Crippen molar-refractivity contribution in [3.05, 3.63) is 89.2 Å². The van der Waals surface area contributed by atoms with Crippen molar-refractivity contribution in [3.8, 4) is 0 Å². The number of nitrogens with zero attached hydrogens (tertiary/aromatic N) is 4. The van der Waals surface area contributed by atoms with Crippen molar-refractivity contribution in [2.45, 2.75) is 56.0 Å². The summed E-state index contributed by atoms with van der Waals surface area (Å²) >= 11 is 0. The molecule has 11 heteroatoms. The SMILES string of the molecule is CS(=O)(=O)c1ccc(C(=O)C2CCN(C(=O)c3ccc(C(=O)NC4CCN(Cc5ccc(N6CCCC6)cc5)CC4)nc3)CC2)cc1. The molecule has 3 fully saturated rings. The number of nitrogens with one attached hydrogen (secondary N) is 1. The van der Waals surface area contributed by atoms with Gasteiger partial charge in [0.2, 0.25) is 0 Å². The van der Waals surface area contributed by atoms with Gasteiger partial charge in [0.05, 0.1) is 10.5 Å². The molecule has 0 unspecified atom stereocenters. The Hall–Kier alpha value is -4.09. The molecule has 6 rings (SSSR count). The molecule has 2 aromatic carbocycles. The number of sulfone groups is 1. The number of hydrogen-bond acceptors (Lipinski definition) is 8. The molecule has 3 aliphatic rings. The highest BCUT2D eigenvalue weighted by Crippen LogP contribution is 2.25. The van der Waals surface area contributed by atoms with Crippen LogP contribution in [0.3, 0.4) is 0 Å². The van der Waals surface area contributed by atoms with Gasteiger partial charge in [0.25, 0.3) is 11.8 Å². The van der Waals surface area contributed by atoms with Gasteiger partial charge in [-0.05, 0) is 80.5 Å². The number of piperidine rings is 2. The lowest BCUT2D eigenvalue weighted by Crippen LogP contribution is -2.44. The highest BCUT2D eigenvalue weighted by Gasteiger charge is 2.29. The van der Waals surface area contributed by atoms with E-state index in [2.05, 4.69) is 44.4 Å². The lowest BCUT2D eigenvalue weighted by Gasteiger charge is -2.32. The second-order valence-corrected chi connectivity index (χ2v) is 15.1. The molecule has 0 bridgehead atoms. The number of ketones is 1. The van der Waals surface area contributed by atoms with Crippen LogP contribution in [0.2, 0.25) is 0 Å². The van der Waals surface area contributed by atoms with Crippen LogP contribution in [0.1, 0.15) is 75.3 Å². The number of likely N-dealkylation sites (tertiary alicyclic amines) is 2. The van der Waals surface area contributed by atoms with Gasteiger partial charge in [0.15, 0.2) is 15.6 Å². The Morgan fingerprint density at radius 2 is 1.43 bits per heavy atom. The van der Waals surface area contributed by atoms with Crippen molar-refractivity contribution in [3.63, 3.8) is 0 Å². The second kappa shape index (κ2) is 14.4. The highest BCUT2D eigenvalue weighted by atomic mass is 32.2. The Morgan fingerprint density at radius 3 is 2.02 bits per heavy atom. The summed E-state index contributed by atoms with van der Waals surface area (Å²) in [6, 6.07) is 18.3. The van der Waals surface area contributed by atoms with Gasteiger partial charge in [0, 0.05) is 81.5 Å². The van der Waals surface area contributed by atoms with E-state index in [1.807, 2.05) is 0 Å². The third-order valence-corrected chi connectivity index (χ3v) is 10.8. The molecular weight excluding hydrogens is 614 g/mol. The molecule has 4 heterocycles. The van der Waals surface area contributed by atoms with Gasteiger partial charge in [-0.25, -0.2) is 8.42 Å². The van der Waals surface area contributed by atoms with Crippen LogP contribution in [-0.4, -0.2) is 92.4 Å². The molecule has 2 amide bonds. The van der Waals surface area contributed by atoms with Crippen molar-refractivity contribution in [1.29, 1.82) is 0 Å². The fraction of sp³-hybridized carbons (Fsp3) is 0.444. The molecule has 1 aromatic heterocycles. The van der Waals surface area contributed by atoms with Gasteiger partial charge < -0.3 is 15.1 Å². The molecule has 1 N–H and O–H groups in total. The molecule has 0 radical (unpaired) electrons. The van der Waals surface area contributed by atoms with Crippen LogP contribution >= 0.6 is 0 Å². The van der Waals surface area contributed by atoms with E-state index in [4.69, 9.17) is 0 Å². The minimum atomic E-state index is -3.33. The molecule has 3 aliphatic heterocycles. The Balaban J connectivity index is 0.933. The predicted molar refractivity (Wildman–Crippen MR) is 180 cm³/mol. The van der Waals surface area contributed by atoms with E-state index in [1.54, 1.807) is 29.2 Å². The number of anilines is 1. The molecule has 10 nitrogen and oxygen atoms in total. The summed E-state index contributed by atoms with van der Waals surface area (Å²) in [6.07, 6.45) is 7.93. The maximum atomic E-state index is 13.2. The Morgan fingerprint density at radius 1 is 0.787 bits per heavy atom. The summed E-state index contributed by atoms with van der Waals surface area (Å²) in [6.45, 7) is 5.90. The van der Waals surface area contributed by atoms with Crippen molar-refractivity contribution >= 4 is 33.1 Å².